The van der Waals surface area contributed by atoms with Gasteiger partial charge in [-0.3, -0.25) is 4.40 Å². The molecule has 19 heavy (non-hydrogen) atoms. The second kappa shape index (κ2) is 4.66. The highest BCUT2D eigenvalue weighted by Crippen LogP contribution is 2.20. The normalized spacial score (nSPS) is 20.2. The number of carboxylic acid groups (broad SMARTS) is 1. The lowest BCUT2D eigenvalue weighted by Gasteiger charge is -2.07. The van der Waals surface area contributed by atoms with E-state index in [4.69, 9.17) is 5.11 Å². The number of aromatic carboxylic acids is 1. The maximum absolute atomic E-state index is 11.2. The number of carboxylic acids is 1. The van der Waals surface area contributed by atoms with Crippen molar-refractivity contribution in [2.75, 3.05) is 20.1 Å². The molecule has 0 aromatic carbocycles. The molecule has 100 valence electrons. The van der Waals surface area contributed by atoms with Crippen LogP contribution in [0.5, 0.6) is 0 Å². The van der Waals surface area contributed by atoms with E-state index >= 15 is 0 Å². The Hall–Kier alpha value is -1.88. The zero-order valence-electron chi connectivity index (χ0n) is 10.9. The molecular formula is C14H17N3O2. The first-order valence-corrected chi connectivity index (χ1v) is 6.52. The van der Waals surface area contributed by atoms with Crippen molar-refractivity contribution in [2.45, 2.75) is 12.8 Å². The van der Waals surface area contributed by atoms with Crippen LogP contribution in [0.4, 0.5) is 0 Å². The van der Waals surface area contributed by atoms with Crippen LogP contribution in [0, 0.1) is 5.92 Å². The summed E-state index contributed by atoms with van der Waals surface area (Å²) in [5.41, 5.74) is 1.95. The summed E-state index contributed by atoms with van der Waals surface area (Å²) in [6.07, 6.45) is 3.97. The topological polar surface area (TPSA) is 57.8 Å². The fourth-order valence-electron chi connectivity index (χ4n) is 2.82. The molecular weight excluding hydrogens is 242 g/mol. The molecule has 3 rings (SSSR count). The number of aromatic nitrogens is 2. The van der Waals surface area contributed by atoms with Gasteiger partial charge in [-0.15, -0.1) is 0 Å². The van der Waals surface area contributed by atoms with E-state index in [1.165, 1.54) is 6.42 Å². The molecule has 5 heteroatoms. The smallest absolute Gasteiger partial charge is 0.352 e. The van der Waals surface area contributed by atoms with Crippen LogP contribution in [0.25, 0.3) is 5.65 Å². The molecule has 5 nitrogen and oxygen atoms in total. The second-order valence-electron chi connectivity index (χ2n) is 5.30. The zero-order valence-corrected chi connectivity index (χ0v) is 10.9. The van der Waals surface area contributed by atoms with E-state index in [1.54, 1.807) is 16.5 Å². The third-order valence-electron chi connectivity index (χ3n) is 3.75. The number of fused-ring (bicyclic) bond motifs is 1. The molecule has 1 fully saturated rings. The number of hydrogen-bond donors (Lipinski definition) is 1. The van der Waals surface area contributed by atoms with Crippen molar-refractivity contribution < 1.29 is 9.90 Å². The van der Waals surface area contributed by atoms with Crippen molar-refractivity contribution >= 4 is 11.6 Å². The Bertz CT molecular complexity index is 620. The van der Waals surface area contributed by atoms with Crippen LogP contribution < -0.4 is 0 Å². The fraction of sp³-hybridized carbons (Fsp3) is 0.429. The van der Waals surface area contributed by atoms with Gasteiger partial charge in [0.05, 0.1) is 5.69 Å². The maximum Gasteiger partial charge on any atom is 0.352 e. The number of hydrogen-bond acceptors (Lipinski definition) is 3. The Kier molecular flexibility index (Phi) is 2.98. The van der Waals surface area contributed by atoms with E-state index in [0.717, 1.165) is 25.2 Å². The summed E-state index contributed by atoms with van der Waals surface area (Å²) in [5, 5.41) is 9.16. The molecule has 3 heterocycles. The Morgan fingerprint density at radius 3 is 3.05 bits per heavy atom. The third-order valence-corrected chi connectivity index (χ3v) is 3.75. The first kappa shape index (κ1) is 12.2. The van der Waals surface area contributed by atoms with E-state index in [1.807, 2.05) is 12.3 Å². The summed E-state index contributed by atoms with van der Waals surface area (Å²) >= 11 is 0. The number of carbonyl (C=O) groups is 1. The molecule has 2 aromatic heterocycles. The van der Waals surface area contributed by atoms with Crippen LogP contribution in [0.2, 0.25) is 0 Å². The van der Waals surface area contributed by atoms with Gasteiger partial charge >= 0.3 is 5.97 Å². The molecule has 1 saturated heterocycles. The molecule has 0 saturated carbocycles. The summed E-state index contributed by atoms with van der Waals surface area (Å²) in [6, 6.07) is 5.18. The Balaban J connectivity index is 1.89. The standard InChI is InChI=1S/C14H17N3O2/c1-16-6-5-10(8-16)7-11-9-17-12(14(18)19)3-2-4-13(17)15-11/h2-4,9-10H,5-8H2,1H3,(H,18,19). The van der Waals surface area contributed by atoms with Gasteiger partial charge in [0.15, 0.2) is 0 Å². The van der Waals surface area contributed by atoms with E-state index in [0.29, 0.717) is 11.6 Å². The monoisotopic (exact) mass is 259 g/mol. The van der Waals surface area contributed by atoms with Gasteiger partial charge in [0.1, 0.15) is 11.3 Å². The van der Waals surface area contributed by atoms with Gasteiger partial charge < -0.3 is 10.0 Å². The van der Waals surface area contributed by atoms with Crippen LogP contribution in [0.15, 0.2) is 24.4 Å². The molecule has 1 atom stereocenters. The van der Waals surface area contributed by atoms with Crippen molar-refractivity contribution in [3.05, 3.63) is 35.8 Å². The van der Waals surface area contributed by atoms with Crippen molar-refractivity contribution in [3.8, 4) is 0 Å². The van der Waals surface area contributed by atoms with Crippen LogP contribution in [0.1, 0.15) is 22.6 Å². The Morgan fingerprint density at radius 1 is 1.53 bits per heavy atom. The van der Waals surface area contributed by atoms with E-state index in [2.05, 4.69) is 16.9 Å². The summed E-state index contributed by atoms with van der Waals surface area (Å²) in [7, 11) is 2.13. The number of imidazole rings is 1. The summed E-state index contributed by atoms with van der Waals surface area (Å²) < 4.78 is 1.66. The maximum atomic E-state index is 11.2. The van der Waals surface area contributed by atoms with Gasteiger partial charge in [0, 0.05) is 12.7 Å². The molecule has 1 aliphatic rings. The van der Waals surface area contributed by atoms with E-state index < -0.39 is 5.97 Å². The van der Waals surface area contributed by atoms with Crippen LogP contribution in [0.3, 0.4) is 0 Å². The van der Waals surface area contributed by atoms with Crippen LogP contribution in [-0.4, -0.2) is 45.5 Å². The van der Waals surface area contributed by atoms with E-state index in [9.17, 15) is 4.79 Å². The number of pyridine rings is 1. The van der Waals surface area contributed by atoms with Crippen molar-refractivity contribution in [3.63, 3.8) is 0 Å². The van der Waals surface area contributed by atoms with Crippen molar-refractivity contribution in [2.24, 2.45) is 5.92 Å². The lowest BCUT2D eigenvalue weighted by Crippen LogP contribution is -2.15. The SMILES string of the molecule is CN1CCC(Cc2cn3c(C(=O)O)cccc3n2)C1. The molecule has 0 radical (unpaired) electrons. The zero-order chi connectivity index (χ0) is 13.4. The van der Waals surface area contributed by atoms with Gasteiger partial charge in [-0.2, -0.15) is 0 Å². The van der Waals surface area contributed by atoms with Gasteiger partial charge in [0.25, 0.3) is 0 Å². The fourth-order valence-corrected chi connectivity index (χ4v) is 2.82. The summed E-state index contributed by atoms with van der Waals surface area (Å²) in [5.74, 6) is -0.293. The number of rotatable bonds is 3. The van der Waals surface area contributed by atoms with Gasteiger partial charge in [0.2, 0.25) is 0 Å². The summed E-state index contributed by atoms with van der Waals surface area (Å²) in [6.45, 7) is 2.23. The largest absolute Gasteiger partial charge is 0.477 e. The Labute approximate surface area is 111 Å². The minimum absolute atomic E-state index is 0.264. The first-order valence-electron chi connectivity index (χ1n) is 6.52. The minimum atomic E-state index is -0.921. The quantitative estimate of drug-likeness (QED) is 0.908. The second-order valence-corrected chi connectivity index (χ2v) is 5.30. The molecule has 0 spiro atoms. The molecule has 1 aliphatic heterocycles. The van der Waals surface area contributed by atoms with E-state index in [-0.39, 0.29) is 5.69 Å². The highest BCUT2D eigenvalue weighted by Gasteiger charge is 2.21. The number of nitrogens with zero attached hydrogens (tertiary/aromatic N) is 3. The van der Waals surface area contributed by atoms with Crippen LogP contribution >= 0.6 is 0 Å². The van der Waals surface area contributed by atoms with Crippen molar-refractivity contribution in [1.82, 2.24) is 14.3 Å². The summed E-state index contributed by atoms with van der Waals surface area (Å²) in [4.78, 5) is 18.0. The van der Waals surface area contributed by atoms with Gasteiger partial charge in [-0.05, 0) is 44.5 Å². The highest BCUT2D eigenvalue weighted by molar-refractivity contribution is 5.86. The van der Waals surface area contributed by atoms with Crippen LogP contribution in [-0.2, 0) is 6.42 Å². The lowest BCUT2D eigenvalue weighted by molar-refractivity contribution is 0.0689. The third kappa shape index (κ3) is 2.33. The molecule has 0 amide bonds. The van der Waals surface area contributed by atoms with Gasteiger partial charge in [-0.25, -0.2) is 9.78 Å². The molecule has 0 aliphatic carbocycles. The van der Waals surface area contributed by atoms with Gasteiger partial charge in [-0.1, -0.05) is 6.07 Å². The average molecular weight is 259 g/mol. The average Bonchev–Trinajstić information content (AvgIpc) is 2.94. The van der Waals surface area contributed by atoms with Crippen molar-refractivity contribution in [1.29, 1.82) is 0 Å². The molecule has 1 unspecified atom stereocenters. The first-order chi connectivity index (χ1) is 9.13. The minimum Gasteiger partial charge on any atom is -0.477 e. The molecule has 1 N–H and O–H groups in total. The number of likely N-dealkylation sites (tertiary alicyclic amines) is 1. The molecule has 0 bridgehead atoms. The predicted molar refractivity (Wildman–Crippen MR) is 71.5 cm³/mol. The predicted octanol–water partition coefficient (Wildman–Crippen LogP) is 1.53. The lowest BCUT2D eigenvalue weighted by atomic mass is 10.0. The molecule has 2 aromatic rings. The highest BCUT2D eigenvalue weighted by atomic mass is 16.4. The Morgan fingerprint density at radius 2 is 2.37 bits per heavy atom.